The Kier molecular flexibility index (Phi) is 5.78. The topological polar surface area (TPSA) is 95.5 Å². The first-order valence-corrected chi connectivity index (χ1v) is 4.75. The van der Waals surface area contributed by atoms with Crippen molar-refractivity contribution in [2.75, 3.05) is 13.1 Å². The van der Waals surface area contributed by atoms with Gasteiger partial charge in [0.15, 0.2) is 0 Å². The van der Waals surface area contributed by atoms with E-state index in [-0.39, 0.29) is 0 Å². The number of hydrogen-bond donors (Lipinski definition) is 3. The summed E-state index contributed by atoms with van der Waals surface area (Å²) in [5.74, 6) is -9.44. The minimum Gasteiger partial charge on any atom is -0.480 e. The molecule has 0 heterocycles. The number of amides is 2. The first-order valence-electron chi connectivity index (χ1n) is 4.75. The highest BCUT2D eigenvalue weighted by molar-refractivity contribution is 5.88. The molecule has 0 aliphatic carbocycles. The van der Waals surface area contributed by atoms with Crippen molar-refractivity contribution >= 4 is 17.8 Å². The molecule has 0 unspecified atom stereocenters. The molecule has 0 aromatic rings. The van der Waals surface area contributed by atoms with Gasteiger partial charge in [-0.15, -0.1) is 0 Å². The molecule has 20 heavy (non-hydrogen) atoms. The standard InChI is InChI=1S/C8H8F6N2O4/c9-7(10,11)5(8(12,13)14)6(20)16-1-3(17)15-2-4(18)19/h5H,1-2H2,(H,15,17)(H,16,20)(H,18,19). The number of alkyl halides is 6. The van der Waals surface area contributed by atoms with Crippen LogP contribution in [0.25, 0.3) is 0 Å². The van der Waals surface area contributed by atoms with E-state index in [0.717, 1.165) is 5.32 Å². The third kappa shape index (κ3) is 6.24. The Balaban J connectivity index is 4.57. The maximum Gasteiger partial charge on any atom is 0.409 e. The summed E-state index contributed by atoms with van der Waals surface area (Å²) < 4.78 is 72.5. The average molecular weight is 310 g/mol. The Morgan fingerprint density at radius 2 is 1.35 bits per heavy atom. The largest absolute Gasteiger partial charge is 0.480 e. The molecule has 3 N–H and O–H groups in total. The van der Waals surface area contributed by atoms with E-state index in [1.165, 1.54) is 0 Å². The smallest absolute Gasteiger partial charge is 0.409 e. The molecular weight excluding hydrogens is 302 g/mol. The van der Waals surface area contributed by atoms with Crippen molar-refractivity contribution in [1.29, 1.82) is 0 Å². The summed E-state index contributed by atoms with van der Waals surface area (Å²) in [5.41, 5.74) is 0. The van der Waals surface area contributed by atoms with Crippen LogP contribution >= 0.6 is 0 Å². The van der Waals surface area contributed by atoms with E-state index < -0.39 is 49.1 Å². The predicted molar refractivity (Wildman–Crippen MR) is 49.3 cm³/mol. The molecule has 0 spiro atoms. The van der Waals surface area contributed by atoms with Gasteiger partial charge in [0.05, 0.1) is 6.54 Å². The monoisotopic (exact) mass is 310 g/mol. The fourth-order valence-corrected chi connectivity index (χ4v) is 0.989. The van der Waals surface area contributed by atoms with Crippen LogP contribution in [0, 0.1) is 5.92 Å². The molecule has 12 heteroatoms. The highest BCUT2D eigenvalue weighted by Gasteiger charge is 2.61. The molecule has 0 aliphatic heterocycles. The van der Waals surface area contributed by atoms with Crippen LogP contribution in [0.1, 0.15) is 0 Å². The van der Waals surface area contributed by atoms with Gasteiger partial charge < -0.3 is 15.7 Å². The predicted octanol–water partition coefficient (Wildman–Crippen LogP) is 0.0442. The molecule has 0 radical (unpaired) electrons. The van der Waals surface area contributed by atoms with E-state index in [1.807, 2.05) is 0 Å². The highest BCUT2D eigenvalue weighted by atomic mass is 19.4. The minimum atomic E-state index is -5.86. The molecule has 2 amide bonds. The summed E-state index contributed by atoms with van der Waals surface area (Å²) in [4.78, 5) is 31.7. The number of aliphatic carboxylic acids is 1. The summed E-state index contributed by atoms with van der Waals surface area (Å²) in [6.07, 6.45) is -11.7. The summed E-state index contributed by atoms with van der Waals surface area (Å²) >= 11 is 0. The molecule has 6 nitrogen and oxygen atoms in total. The summed E-state index contributed by atoms with van der Waals surface area (Å²) in [6, 6.07) is 0. The normalized spacial score (nSPS) is 12.2. The number of rotatable bonds is 5. The zero-order chi connectivity index (χ0) is 16.1. The quantitative estimate of drug-likeness (QED) is 0.625. The molecule has 0 aromatic carbocycles. The van der Waals surface area contributed by atoms with Crippen molar-refractivity contribution in [3.63, 3.8) is 0 Å². The lowest BCUT2D eigenvalue weighted by atomic mass is 10.1. The Hall–Kier alpha value is -2.01. The minimum absolute atomic E-state index is 0.892. The lowest BCUT2D eigenvalue weighted by Crippen LogP contribution is -2.50. The molecule has 116 valence electrons. The van der Waals surface area contributed by atoms with E-state index in [9.17, 15) is 40.7 Å². The van der Waals surface area contributed by atoms with Gasteiger partial charge in [0.1, 0.15) is 6.54 Å². The second kappa shape index (κ2) is 6.43. The summed E-state index contributed by atoms with van der Waals surface area (Å²) in [6.45, 7) is -2.11. The molecule has 0 aromatic heterocycles. The lowest BCUT2D eigenvalue weighted by molar-refractivity contribution is -0.274. The van der Waals surface area contributed by atoms with Crippen molar-refractivity contribution in [2.45, 2.75) is 12.4 Å². The Morgan fingerprint density at radius 3 is 1.70 bits per heavy atom. The fourth-order valence-electron chi connectivity index (χ4n) is 0.989. The maximum absolute atomic E-state index is 12.1. The molecule has 0 rings (SSSR count). The maximum atomic E-state index is 12.1. The Morgan fingerprint density at radius 1 is 0.900 bits per heavy atom. The number of nitrogens with one attached hydrogen (secondary N) is 2. The molecule has 0 saturated carbocycles. The van der Waals surface area contributed by atoms with Gasteiger partial charge in [-0.1, -0.05) is 0 Å². The van der Waals surface area contributed by atoms with E-state index >= 15 is 0 Å². The van der Waals surface area contributed by atoms with E-state index in [1.54, 1.807) is 5.32 Å². The van der Waals surface area contributed by atoms with Crippen LogP contribution in [0.2, 0.25) is 0 Å². The van der Waals surface area contributed by atoms with Gasteiger partial charge in [-0.2, -0.15) is 26.3 Å². The van der Waals surface area contributed by atoms with Crippen molar-refractivity contribution < 1.29 is 45.8 Å². The van der Waals surface area contributed by atoms with E-state index in [0.29, 0.717) is 0 Å². The number of hydrogen-bond acceptors (Lipinski definition) is 3. The molecule has 0 bridgehead atoms. The summed E-state index contributed by atoms with van der Waals surface area (Å²) in [7, 11) is 0. The third-order valence-electron chi connectivity index (χ3n) is 1.78. The van der Waals surface area contributed by atoms with Crippen LogP contribution in [-0.2, 0) is 14.4 Å². The summed E-state index contributed by atoms with van der Waals surface area (Å²) in [5, 5.41) is 10.9. The van der Waals surface area contributed by atoms with Crippen LogP contribution in [0.3, 0.4) is 0 Å². The van der Waals surface area contributed by atoms with Gasteiger partial charge >= 0.3 is 18.3 Å². The zero-order valence-electron chi connectivity index (χ0n) is 9.43. The van der Waals surface area contributed by atoms with Crippen molar-refractivity contribution in [2.24, 2.45) is 5.92 Å². The number of carbonyl (C=O) groups excluding carboxylic acids is 2. The van der Waals surface area contributed by atoms with Gasteiger partial charge in [-0.05, 0) is 0 Å². The third-order valence-corrected chi connectivity index (χ3v) is 1.78. The number of halogens is 6. The highest BCUT2D eigenvalue weighted by Crippen LogP contribution is 2.39. The van der Waals surface area contributed by atoms with Gasteiger partial charge in [0, 0.05) is 0 Å². The second-order valence-corrected chi connectivity index (χ2v) is 3.40. The molecule has 0 aliphatic rings. The Labute approximate surface area is 107 Å². The molecular formula is C8H8F6N2O4. The van der Waals surface area contributed by atoms with Gasteiger partial charge in [-0.3, -0.25) is 14.4 Å². The fraction of sp³-hybridized carbons (Fsp3) is 0.625. The molecule has 0 fully saturated rings. The zero-order valence-corrected chi connectivity index (χ0v) is 9.43. The van der Waals surface area contributed by atoms with E-state index in [2.05, 4.69) is 0 Å². The number of carbonyl (C=O) groups is 3. The van der Waals surface area contributed by atoms with Crippen LogP contribution in [0.15, 0.2) is 0 Å². The number of carboxylic acid groups (broad SMARTS) is 1. The van der Waals surface area contributed by atoms with Crippen LogP contribution in [-0.4, -0.2) is 48.3 Å². The SMILES string of the molecule is O=C(O)CNC(=O)CNC(=O)C(C(F)(F)F)C(F)(F)F. The van der Waals surface area contributed by atoms with Crippen LogP contribution in [0.4, 0.5) is 26.3 Å². The average Bonchev–Trinajstić information content (AvgIpc) is 2.19. The lowest BCUT2D eigenvalue weighted by Gasteiger charge is -2.21. The van der Waals surface area contributed by atoms with Gasteiger partial charge in [-0.25, -0.2) is 0 Å². The van der Waals surface area contributed by atoms with E-state index in [4.69, 9.17) is 5.11 Å². The molecule has 0 saturated heterocycles. The Bertz CT molecular complexity index is 377. The van der Waals surface area contributed by atoms with Crippen molar-refractivity contribution in [3.8, 4) is 0 Å². The first-order chi connectivity index (χ1) is 8.85. The van der Waals surface area contributed by atoms with Crippen molar-refractivity contribution in [1.82, 2.24) is 10.6 Å². The van der Waals surface area contributed by atoms with Crippen LogP contribution in [0.5, 0.6) is 0 Å². The van der Waals surface area contributed by atoms with Crippen molar-refractivity contribution in [3.05, 3.63) is 0 Å². The second-order valence-electron chi connectivity index (χ2n) is 3.40. The van der Waals surface area contributed by atoms with Crippen LogP contribution < -0.4 is 10.6 Å². The first kappa shape index (κ1) is 18.0. The van der Waals surface area contributed by atoms with Gasteiger partial charge in [0.2, 0.25) is 17.7 Å². The van der Waals surface area contributed by atoms with Gasteiger partial charge in [0.25, 0.3) is 0 Å². The molecule has 0 atom stereocenters. The number of carboxylic acids is 1.